The van der Waals surface area contributed by atoms with Crippen LogP contribution in [0.4, 0.5) is 0 Å². The number of carbonyl (C=O) groups is 1. The van der Waals surface area contributed by atoms with Gasteiger partial charge in [0.15, 0.2) is 18.9 Å². The summed E-state index contributed by atoms with van der Waals surface area (Å²) in [6.45, 7) is 1.71. The second-order valence-corrected chi connectivity index (χ2v) is 26.7. The van der Waals surface area contributed by atoms with Crippen LogP contribution in [0.1, 0.15) is 271 Å². The Bertz CT molecular complexity index is 2000. The summed E-state index contributed by atoms with van der Waals surface area (Å²) in [5.74, 6) is -0.289. The number of amides is 1. The van der Waals surface area contributed by atoms with Crippen molar-refractivity contribution < 1.29 is 89.4 Å². The summed E-state index contributed by atoms with van der Waals surface area (Å²) in [5.41, 5.74) is 0. The normalized spacial score (nSPS) is 27.6. The van der Waals surface area contributed by atoms with Gasteiger partial charge < -0.3 is 89.9 Å². The summed E-state index contributed by atoms with van der Waals surface area (Å²) in [7, 11) is 0. The third kappa shape index (κ3) is 38.0. The fourth-order valence-corrected chi connectivity index (χ4v) is 12.3. The molecule has 0 aromatic carbocycles. The number of hydrogen-bond acceptors (Lipinski definition) is 18. The smallest absolute Gasteiger partial charge is 0.220 e. The Kier molecular flexibility index (Phi) is 51.8. The number of nitrogens with one attached hydrogen (secondary N) is 1. The van der Waals surface area contributed by atoms with Crippen molar-refractivity contribution in [1.29, 1.82) is 0 Å². The van der Waals surface area contributed by atoms with Crippen molar-refractivity contribution in [3.8, 4) is 0 Å². The van der Waals surface area contributed by atoms with Gasteiger partial charge >= 0.3 is 0 Å². The van der Waals surface area contributed by atoms with Crippen LogP contribution < -0.4 is 5.32 Å². The van der Waals surface area contributed by atoms with E-state index in [1.165, 1.54) is 180 Å². The van der Waals surface area contributed by atoms with Crippen molar-refractivity contribution in [3.05, 3.63) is 72.9 Å². The molecule has 3 aliphatic heterocycles. The first-order valence-corrected chi connectivity index (χ1v) is 37.7. The van der Waals surface area contributed by atoms with Crippen LogP contribution in [0.15, 0.2) is 72.9 Å². The van der Waals surface area contributed by atoms with Crippen LogP contribution >= 0.6 is 0 Å². The number of unbranched alkanes of at least 4 members (excludes halogenated alkanes) is 32. The predicted octanol–water partition coefficient (Wildman–Crippen LogP) is 11.3. The molecule has 3 aliphatic rings. The molecule has 17 atom stereocenters. The maximum atomic E-state index is 13.4. The Balaban J connectivity index is 1.40. The van der Waals surface area contributed by atoms with Gasteiger partial charge in [0.2, 0.25) is 5.91 Å². The average Bonchev–Trinajstić information content (AvgIpc) is 0.787. The average molecular weight is 1350 g/mol. The fourth-order valence-electron chi connectivity index (χ4n) is 12.3. The van der Waals surface area contributed by atoms with Gasteiger partial charge in [0, 0.05) is 6.42 Å². The molecule has 0 aliphatic carbocycles. The molecule has 3 heterocycles. The summed E-state index contributed by atoms with van der Waals surface area (Å²) in [5, 5.41) is 121. The van der Waals surface area contributed by atoms with Crippen molar-refractivity contribution in [3.63, 3.8) is 0 Å². The van der Waals surface area contributed by atoms with E-state index in [2.05, 4.69) is 79.9 Å². The molecule has 19 heteroatoms. The SMILES string of the molecule is CCCCCCC/C=C\C/C=C\C/C=C\CCCCCCCCCCCCCCCCCCC(=O)NC(COC1OC(CO)C(OC2OC(CO)C(OC3OC(CO)C(O)C(O)C3O)C(O)C2O)C(O)C1O)C(O)/C=C/CC/C=C/CC/C=C/CCCCCCCCCCC. The molecule has 3 rings (SSSR count). The molecule has 0 bridgehead atoms. The number of hydrogen-bond donors (Lipinski definition) is 12. The molecule has 0 saturated carbocycles. The van der Waals surface area contributed by atoms with Crippen molar-refractivity contribution >= 4 is 5.91 Å². The van der Waals surface area contributed by atoms with Crippen LogP contribution in [-0.4, -0.2) is 193 Å². The van der Waals surface area contributed by atoms with Crippen LogP contribution in [-0.2, 0) is 33.2 Å². The van der Waals surface area contributed by atoms with E-state index in [9.17, 15) is 61.0 Å². The van der Waals surface area contributed by atoms with Crippen LogP contribution in [0.5, 0.6) is 0 Å². The van der Waals surface area contributed by atoms with E-state index in [1.807, 2.05) is 6.08 Å². The lowest BCUT2D eigenvalue weighted by Gasteiger charge is -2.48. The largest absolute Gasteiger partial charge is 0.394 e. The maximum Gasteiger partial charge on any atom is 0.220 e. The minimum atomic E-state index is -1.98. The standard InChI is InChI=1S/C76H135NO18/c1-3-5-7-9-11-13-15-17-19-21-23-24-25-26-27-28-29-30-31-32-33-34-36-38-40-42-44-46-48-50-52-54-64(82)77-59(60(81)53-51-49-47-45-43-41-39-37-35-22-20-18-16-14-12-10-8-6-4-2)58-90-74-70(88)67(85)72(62(56-79)92-74)95-76-71(89)68(86)73(63(57-80)93-76)94-75-69(87)66(84)65(83)61(55-78)91-75/h15,17,21,23,25-26,35,37,43,45,51,53,59-63,65-76,78-81,83-89H,3-14,16,18-20,22,24,27-34,36,38-42,44,46-50,52,54-58H2,1-2H3,(H,77,82)/b17-15-,23-21-,26-25-,37-35+,45-43+,53-51+. The molecule has 12 N–H and O–H groups in total. The van der Waals surface area contributed by atoms with Gasteiger partial charge in [-0.25, -0.2) is 0 Å². The Morgan fingerprint density at radius 1 is 0.379 bits per heavy atom. The maximum absolute atomic E-state index is 13.4. The quantitative estimate of drug-likeness (QED) is 0.0199. The van der Waals surface area contributed by atoms with E-state index in [-0.39, 0.29) is 18.9 Å². The van der Waals surface area contributed by atoms with E-state index in [0.29, 0.717) is 12.8 Å². The van der Waals surface area contributed by atoms with Gasteiger partial charge in [0.25, 0.3) is 0 Å². The number of aliphatic hydroxyl groups excluding tert-OH is 11. The minimum Gasteiger partial charge on any atom is -0.394 e. The van der Waals surface area contributed by atoms with E-state index in [1.54, 1.807) is 6.08 Å². The number of rotatable bonds is 58. The fraction of sp³-hybridized carbons (Fsp3) is 0.829. The van der Waals surface area contributed by atoms with Crippen LogP contribution in [0.2, 0.25) is 0 Å². The number of carbonyl (C=O) groups excluding carboxylic acids is 1. The Morgan fingerprint density at radius 2 is 0.705 bits per heavy atom. The highest BCUT2D eigenvalue weighted by molar-refractivity contribution is 5.76. The molecule has 0 spiro atoms. The highest BCUT2D eigenvalue weighted by atomic mass is 16.8. The molecule has 3 fully saturated rings. The molecule has 95 heavy (non-hydrogen) atoms. The summed E-state index contributed by atoms with van der Waals surface area (Å²) in [6.07, 6.45) is 46.0. The first-order chi connectivity index (χ1) is 46.3. The summed E-state index contributed by atoms with van der Waals surface area (Å²) >= 11 is 0. The van der Waals surface area contributed by atoms with Gasteiger partial charge in [-0.05, 0) is 83.5 Å². The van der Waals surface area contributed by atoms with E-state index < -0.39 is 124 Å². The molecule has 0 aromatic rings. The highest BCUT2D eigenvalue weighted by Gasteiger charge is 2.53. The first kappa shape index (κ1) is 86.5. The Labute approximate surface area is 572 Å². The Morgan fingerprint density at radius 3 is 1.13 bits per heavy atom. The third-order valence-corrected chi connectivity index (χ3v) is 18.5. The zero-order valence-electron chi connectivity index (χ0n) is 58.6. The van der Waals surface area contributed by atoms with Gasteiger partial charge in [0.1, 0.15) is 73.2 Å². The minimum absolute atomic E-state index is 0.230. The summed E-state index contributed by atoms with van der Waals surface area (Å²) in [4.78, 5) is 13.4. The number of ether oxygens (including phenoxy) is 6. The molecule has 19 nitrogen and oxygen atoms in total. The molecule has 552 valence electrons. The molecular formula is C76H135NO18. The van der Waals surface area contributed by atoms with Gasteiger partial charge in [-0.2, -0.15) is 0 Å². The molecule has 0 radical (unpaired) electrons. The van der Waals surface area contributed by atoms with E-state index in [0.717, 1.165) is 57.8 Å². The van der Waals surface area contributed by atoms with Crippen molar-refractivity contribution in [2.75, 3.05) is 26.4 Å². The van der Waals surface area contributed by atoms with Crippen LogP contribution in [0.3, 0.4) is 0 Å². The lowest BCUT2D eigenvalue weighted by atomic mass is 9.96. The number of allylic oxidation sites excluding steroid dienone is 11. The van der Waals surface area contributed by atoms with Crippen LogP contribution in [0.25, 0.3) is 0 Å². The molecular weight excluding hydrogens is 1210 g/mol. The molecule has 0 aromatic heterocycles. The lowest BCUT2D eigenvalue weighted by molar-refractivity contribution is -0.379. The highest BCUT2D eigenvalue weighted by Crippen LogP contribution is 2.33. The third-order valence-electron chi connectivity index (χ3n) is 18.5. The van der Waals surface area contributed by atoms with E-state index >= 15 is 0 Å². The predicted molar refractivity (Wildman–Crippen MR) is 374 cm³/mol. The van der Waals surface area contributed by atoms with Crippen molar-refractivity contribution in [2.24, 2.45) is 0 Å². The molecule has 17 unspecified atom stereocenters. The molecule has 1 amide bonds. The second-order valence-electron chi connectivity index (χ2n) is 26.7. The summed E-state index contributed by atoms with van der Waals surface area (Å²) in [6, 6.07) is -1.000. The topological polar surface area (TPSA) is 307 Å². The molecule has 3 saturated heterocycles. The van der Waals surface area contributed by atoms with Gasteiger partial charge in [-0.15, -0.1) is 0 Å². The second kappa shape index (κ2) is 56.9. The van der Waals surface area contributed by atoms with Crippen molar-refractivity contribution in [2.45, 2.75) is 375 Å². The Hall–Kier alpha value is -2.77. The summed E-state index contributed by atoms with van der Waals surface area (Å²) < 4.78 is 34.4. The zero-order valence-corrected chi connectivity index (χ0v) is 58.6. The van der Waals surface area contributed by atoms with Gasteiger partial charge in [0.05, 0.1) is 38.6 Å². The monoisotopic (exact) mass is 1350 g/mol. The van der Waals surface area contributed by atoms with Gasteiger partial charge in [-0.1, -0.05) is 254 Å². The lowest BCUT2D eigenvalue weighted by Crippen LogP contribution is -2.66. The number of aliphatic hydroxyl groups is 11. The zero-order chi connectivity index (χ0) is 68.9. The first-order valence-electron chi connectivity index (χ1n) is 37.7. The van der Waals surface area contributed by atoms with Gasteiger partial charge in [-0.3, -0.25) is 4.79 Å². The van der Waals surface area contributed by atoms with Crippen LogP contribution in [0, 0.1) is 0 Å². The van der Waals surface area contributed by atoms with E-state index in [4.69, 9.17) is 28.4 Å². The van der Waals surface area contributed by atoms with Crippen molar-refractivity contribution in [1.82, 2.24) is 5.32 Å².